The first-order chi connectivity index (χ1) is 8.79. The van der Waals surface area contributed by atoms with Crippen molar-refractivity contribution in [3.05, 3.63) is 47.8 Å². The van der Waals surface area contributed by atoms with Crippen LogP contribution in [0.1, 0.15) is 30.8 Å². The van der Waals surface area contributed by atoms with Crippen LogP contribution in [0.2, 0.25) is 0 Å². The van der Waals surface area contributed by atoms with Crippen molar-refractivity contribution in [2.24, 2.45) is 0 Å². The summed E-state index contributed by atoms with van der Waals surface area (Å²) >= 11 is 0. The Kier molecular flexibility index (Phi) is 4.41. The molecule has 1 aromatic carbocycles. The number of benzene rings is 1. The van der Waals surface area contributed by atoms with Gasteiger partial charge in [-0.15, -0.1) is 0 Å². The van der Waals surface area contributed by atoms with Crippen molar-refractivity contribution in [1.82, 2.24) is 20.5 Å². The number of rotatable bonds is 6. The molecule has 1 heterocycles. The lowest BCUT2D eigenvalue weighted by Gasteiger charge is -2.17. The lowest BCUT2D eigenvalue weighted by molar-refractivity contribution is 0.517. The zero-order valence-electron chi connectivity index (χ0n) is 10.4. The second-order valence-corrected chi connectivity index (χ2v) is 4.15. The minimum atomic E-state index is -0.199. The third kappa shape index (κ3) is 3.37. The van der Waals surface area contributed by atoms with Gasteiger partial charge < -0.3 is 5.32 Å². The summed E-state index contributed by atoms with van der Waals surface area (Å²) in [5, 5.41) is 10.1. The van der Waals surface area contributed by atoms with E-state index in [4.69, 9.17) is 0 Å². The van der Waals surface area contributed by atoms with Gasteiger partial charge in [0.15, 0.2) is 0 Å². The fraction of sp³-hybridized carbons (Fsp3) is 0.385. The van der Waals surface area contributed by atoms with Gasteiger partial charge in [-0.05, 0) is 24.1 Å². The van der Waals surface area contributed by atoms with Crippen LogP contribution in [0.15, 0.2) is 30.6 Å². The Bertz CT molecular complexity index is 452. The van der Waals surface area contributed by atoms with Gasteiger partial charge in [-0.3, -0.25) is 5.10 Å². The standard InChI is InChI=1S/C13H17FN4/c1-2-12(10-3-5-11(14)6-4-10)15-8-7-13-16-9-17-18-13/h3-6,9,12,15H,2,7-8H2,1H3,(H,16,17,18). The molecule has 2 aromatic rings. The van der Waals surface area contributed by atoms with Gasteiger partial charge in [0, 0.05) is 19.0 Å². The van der Waals surface area contributed by atoms with Crippen LogP contribution in [-0.4, -0.2) is 21.7 Å². The summed E-state index contributed by atoms with van der Waals surface area (Å²) in [6.45, 7) is 2.92. The molecule has 0 aliphatic rings. The van der Waals surface area contributed by atoms with Crippen molar-refractivity contribution < 1.29 is 4.39 Å². The normalized spacial score (nSPS) is 12.6. The number of H-pyrrole nitrogens is 1. The predicted molar refractivity (Wildman–Crippen MR) is 67.5 cm³/mol. The number of aromatic nitrogens is 3. The van der Waals surface area contributed by atoms with Crippen LogP contribution in [-0.2, 0) is 6.42 Å². The fourth-order valence-electron chi connectivity index (χ4n) is 1.91. The van der Waals surface area contributed by atoms with Crippen molar-refractivity contribution in [3.8, 4) is 0 Å². The van der Waals surface area contributed by atoms with Gasteiger partial charge in [0.1, 0.15) is 18.0 Å². The first kappa shape index (κ1) is 12.7. The Hall–Kier alpha value is -1.75. The molecule has 0 fully saturated rings. The predicted octanol–water partition coefficient (Wildman–Crippen LogP) is 2.23. The van der Waals surface area contributed by atoms with Crippen LogP contribution in [0.3, 0.4) is 0 Å². The molecule has 0 bridgehead atoms. The topological polar surface area (TPSA) is 53.6 Å². The SMILES string of the molecule is CCC(NCCc1ncn[nH]1)c1ccc(F)cc1. The fourth-order valence-corrected chi connectivity index (χ4v) is 1.91. The van der Waals surface area contributed by atoms with Crippen molar-refractivity contribution in [1.29, 1.82) is 0 Å². The van der Waals surface area contributed by atoms with Crippen LogP contribution >= 0.6 is 0 Å². The number of nitrogens with zero attached hydrogens (tertiary/aromatic N) is 2. The number of halogens is 1. The molecule has 1 unspecified atom stereocenters. The molecule has 0 saturated carbocycles. The van der Waals surface area contributed by atoms with Crippen LogP contribution in [0, 0.1) is 5.82 Å². The van der Waals surface area contributed by atoms with Crippen molar-refractivity contribution in [3.63, 3.8) is 0 Å². The zero-order valence-corrected chi connectivity index (χ0v) is 10.4. The number of aromatic amines is 1. The monoisotopic (exact) mass is 248 g/mol. The third-order valence-corrected chi connectivity index (χ3v) is 2.90. The molecule has 96 valence electrons. The van der Waals surface area contributed by atoms with Gasteiger partial charge in [-0.1, -0.05) is 19.1 Å². The van der Waals surface area contributed by atoms with E-state index in [2.05, 4.69) is 27.4 Å². The molecule has 0 amide bonds. The van der Waals surface area contributed by atoms with Gasteiger partial charge >= 0.3 is 0 Å². The molecular weight excluding hydrogens is 231 g/mol. The Morgan fingerprint density at radius 2 is 2.11 bits per heavy atom. The van der Waals surface area contributed by atoms with E-state index < -0.39 is 0 Å². The molecule has 1 aromatic heterocycles. The molecule has 18 heavy (non-hydrogen) atoms. The third-order valence-electron chi connectivity index (χ3n) is 2.90. The van der Waals surface area contributed by atoms with Crippen molar-refractivity contribution >= 4 is 0 Å². The zero-order chi connectivity index (χ0) is 12.8. The van der Waals surface area contributed by atoms with Crippen LogP contribution in [0.4, 0.5) is 4.39 Å². The molecule has 1 atom stereocenters. The first-order valence-corrected chi connectivity index (χ1v) is 6.12. The van der Waals surface area contributed by atoms with Gasteiger partial charge in [0.2, 0.25) is 0 Å². The highest BCUT2D eigenvalue weighted by Crippen LogP contribution is 2.16. The van der Waals surface area contributed by atoms with Crippen LogP contribution in [0.25, 0.3) is 0 Å². The highest BCUT2D eigenvalue weighted by Gasteiger charge is 2.08. The smallest absolute Gasteiger partial charge is 0.137 e. The molecule has 0 spiro atoms. The summed E-state index contributed by atoms with van der Waals surface area (Å²) in [5.74, 6) is 0.673. The number of hydrogen-bond acceptors (Lipinski definition) is 3. The van der Waals surface area contributed by atoms with E-state index in [9.17, 15) is 4.39 Å². The average molecular weight is 248 g/mol. The Balaban J connectivity index is 1.87. The van der Waals surface area contributed by atoms with Gasteiger partial charge in [-0.25, -0.2) is 9.37 Å². The lowest BCUT2D eigenvalue weighted by atomic mass is 10.0. The van der Waals surface area contributed by atoms with E-state index in [-0.39, 0.29) is 11.9 Å². The first-order valence-electron chi connectivity index (χ1n) is 6.12. The van der Waals surface area contributed by atoms with Gasteiger partial charge in [-0.2, -0.15) is 5.10 Å². The molecule has 0 aliphatic heterocycles. The van der Waals surface area contributed by atoms with Crippen molar-refractivity contribution in [2.75, 3.05) is 6.54 Å². The highest BCUT2D eigenvalue weighted by molar-refractivity contribution is 5.19. The quantitative estimate of drug-likeness (QED) is 0.824. The second-order valence-electron chi connectivity index (χ2n) is 4.15. The number of nitrogens with one attached hydrogen (secondary N) is 2. The summed E-state index contributed by atoms with van der Waals surface area (Å²) in [6, 6.07) is 6.89. The summed E-state index contributed by atoms with van der Waals surface area (Å²) in [6.07, 6.45) is 3.27. The molecule has 2 rings (SSSR count). The Labute approximate surface area is 106 Å². The van der Waals surface area contributed by atoms with Gasteiger partial charge in [0.25, 0.3) is 0 Å². The Morgan fingerprint density at radius 1 is 1.33 bits per heavy atom. The average Bonchev–Trinajstić information content (AvgIpc) is 2.89. The number of hydrogen-bond donors (Lipinski definition) is 2. The molecule has 4 nitrogen and oxygen atoms in total. The summed E-state index contributed by atoms with van der Waals surface area (Å²) in [5.41, 5.74) is 1.11. The van der Waals surface area contributed by atoms with E-state index in [0.717, 1.165) is 30.8 Å². The van der Waals surface area contributed by atoms with E-state index in [1.807, 2.05) is 12.1 Å². The minimum Gasteiger partial charge on any atom is -0.310 e. The Morgan fingerprint density at radius 3 is 2.72 bits per heavy atom. The molecular formula is C13H17FN4. The second kappa shape index (κ2) is 6.26. The van der Waals surface area contributed by atoms with Crippen LogP contribution < -0.4 is 5.32 Å². The summed E-state index contributed by atoms with van der Waals surface area (Å²) in [4.78, 5) is 4.07. The van der Waals surface area contributed by atoms with Gasteiger partial charge in [0.05, 0.1) is 0 Å². The lowest BCUT2D eigenvalue weighted by Crippen LogP contribution is -2.23. The largest absolute Gasteiger partial charge is 0.310 e. The highest BCUT2D eigenvalue weighted by atomic mass is 19.1. The maximum atomic E-state index is 12.9. The maximum Gasteiger partial charge on any atom is 0.137 e. The van der Waals surface area contributed by atoms with Crippen LogP contribution in [0.5, 0.6) is 0 Å². The van der Waals surface area contributed by atoms with E-state index >= 15 is 0 Å². The van der Waals surface area contributed by atoms with Crippen molar-refractivity contribution in [2.45, 2.75) is 25.8 Å². The van der Waals surface area contributed by atoms with E-state index in [0.29, 0.717) is 0 Å². The van der Waals surface area contributed by atoms with E-state index in [1.54, 1.807) is 0 Å². The molecule has 0 saturated heterocycles. The minimum absolute atomic E-state index is 0.199. The van der Waals surface area contributed by atoms with E-state index in [1.165, 1.54) is 18.5 Å². The molecule has 0 radical (unpaired) electrons. The molecule has 0 aliphatic carbocycles. The molecule has 5 heteroatoms. The maximum absolute atomic E-state index is 12.9. The summed E-state index contributed by atoms with van der Waals surface area (Å²) < 4.78 is 12.9. The molecule has 2 N–H and O–H groups in total. The summed E-state index contributed by atoms with van der Waals surface area (Å²) in [7, 11) is 0.